The lowest BCUT2D eigenvalue weighted by atomic mass is 10.2. The van der Waals surface area contributed by atoms with Crippen LogP contribution in [0, 0.1) is 0 Å². The first-order chi connectivity index (χ1) is 6.83. The SMILES string of the molecule is CCCNC(C)CCCSC1COC1. The summed E-state index contributed by atoms with van der Waals surface area (Å²) < 4.78 is 5.13. The van der Waals surface area contributed by atoms with Crippen LogP contribution in [0.4, 0.5) is 0 Å². The summed E-state index contributed by atoms with van der Waals surface area (Å²) >= 11 is 2.08. The van der Waals surface area contributed by atoms with Crippen molar-refractivity contribution in [2.45, 2.75) is 44.4 Å². The number of thioether (sulfide) groups is 1. The van der Waals surface area contributed by atoms with E-state index >= 15 is 0 Å². The molecule has 0 bridgehead atoms. The van der Waals surface area contributed by atoms with Crippen LogP contribution in [0.15, 0.2) is 0 Å². The summed E-state index contributed by atoms with van der Waals surface area (Å²) in [5, 5.41) is 4.31. The van der Waals surface area contributed by atoms with Gasteiger partial charge in [0.2, 0.25) is 0 Å². The summed E-state index contributed by atoms with van der Waals surface area (Å²) in [5.41, 5.74) is 0. The van der Waals surface area contributed by atoms with Crippen LogP contribution >= 0.6 is 11.8 Å². The molecular formula is C11H23NOS. The minimum absolute atomic E-state index is 0.688. The van der Waals surface area contributed by atoms with E-state index in [0.717, 1.165) is 25.0 Å². The first kappa shape index (κ1) is 12.3. The minimum atomic E-state index is 0.688. The first-order valence-corrected chi connectivity index (χ1v) is 6.80. The maximum Gasteiger partial charge on any atom is 0.0607 e. The van der Waals surface area contributed by atoms with E-state index in [9.17, 15) is 0 Å². The summed E-state index contributed by atoms with van der Waals surface area (Å²) in [4.78, 5) is 0. The first-order valence-electron chi connectivity index (χ1n) is 5.75. The molecule has 0 aromatic rings. The van der Waals surface area contributed by atoms with Gasteiger partial charge in [-0.25, -0.2) is 0 Å². The molecule has 1 unspecified atom stereocenters. The van der Waals surface area contributed by atoms with Crippen LogP contribution in [-0.2, 0) is 4.74 Å². The average Bonchev–Trinajstić information content (AvgIpc) is 2.11. The summed E-state index contributed by atoms with van der Waals surface area (Å²) in [6.07, 6.45) is 3.87. The van der Waals surface area contributed by atoms with Crippen LogP contribution in [0.3, 0.4) is 0 Å². The summed E-state index contributed by atoms with van der Waals surface area (Å²) in [5.74, 6) is 1.30. The van der Waals surface area contributed by atoms with E-state index in [0.29, 0.717) is 6.04 Å². The molecule has 1 aliphatic rings. The molecule has 3 heteroatoms. The zero-order valence-corrected chi connectivity index (χ0v) is 10.2. The predicted octanol–water partition coefficient (Wildman–Crippen LogP) is 2.29. The third-order valence-corrected chi connectivity index (χ3v) is 3.75. The Bertz CT molecular complexity index is 139. The lowest BCUT2D eigenvalue weighted by Gasteiger charge is -2.25. The van der Waals surface area contributed by atoms with Crippen molar-refractivity contribution in [3.05, 3.63) is 0 Å². The van der Waals surface area contributed by atoms with Crippen molar-refractivity contribution in [3.8, 4) is 0 Å². The molecule has 14 heavy (non-hydrogen) atoms. The topological polar surface area (TPSA) is 21.3 Å². The Morgan fingerprint density at radius 1 is 1.50 bits per heavy atom. The fourth-order valence-corrected chi connectivity index (χ4v) is 2.49. The molecule has 84 valence electrons. The van der Waals surface area contributed by atoms with E-state index in [1.54, 1.807) is 0 Å². The molecule has 1 heterocycles. The number of ether oxygens (including phenoxy) is 1. The van der Waals surface area contributed by atoms with Crippen molar-refractivity contribution in [2.24, 2.45) is 0 Å². The maximum atomic E-state index is 5.13. The molecule has 0 aromatic heterocycles. The number of hydrogen-bond donors (Lipinski definition) is 1. The van der Waals surface area contributed by atoms with Crippen molar-refractivity contribution in [1.82, 2.24) is 5.32 Å². The molecule has 0 amide bonds. The lowest BCUT2D eigenvalue weighted by Crippen LogP contribution is -2.31. The zero-order valence-electron chi connectivity index (χ0n) is 9.42. The van der Waals surface area contributed by atoms with Gasteiger partial charge in [0.15, 0.2) is 0 Å². The Morgan fingerprint density at radius 3 is 2.86 bits per heavy atom. The monoisotopic (exact) mass is 217 g/mol. The molecular weight excluding hydrogens is 194 g/mol. The van der Waals surface area contributed by atoms with Gasteiger partial charge in [0, 0.05) is 6.04 Å². The Balaban J connectivity index is 1.81. The number of rotatable bonds is 8. The van der Waals surface area contributed by atoms with Crippen LogP contribution in [0.5, 0.6) is 0 Å². The minimum Gasteiger partial charge on any atom is -0.379 e. The quantitative estimate of drug-likeness (QED) is 0.630. The molecule has 0 spiro atoms. The Hall–Kier alpha value is 0.270. The third kappa shape index (κ3) is 5.23. The van der Waals surface area contributed by atoms with Crippen molar-refractivity contribution in [2.75, 3.05) is 25.5 Å². The van der Waals surface area contributed by atoms with E-state index in [-0.39, 0.29) is 0 Å². The maximum absolute atomic E-state index is 5.13. The molecule has 2 nitrogen and oxygen atoms in total. The Labute approximate surface area is 92.2 Å². The second-order valence-corrected chi connectivity index (χ2v) is 5.44. The van der Waals surface area contributed by atoms with E-state index in [1.807, 2.05) is 0 Å². The molecule has 0 aromatic carbocycles. The summed E-state index contributed by atoms with van der Waals surface area (Å²) in [6, 6.07) is 0.688. The molecule has 0 saturated carbocycles. The fourth-order valence-electron chi connectivity index (χ4n) is 1.44. The highest BCUT2D eigenvalue weighted by Gasteiger charge is 2.17. The van der Waals surface area contributed by atoms with E-state index < -0.39 is 0 Å². The standard InChI is InChI=1S/C11H23NOS/c1-3-6-12-10(2)5-4-7-14-11-8-13-9-11/h10-12H,3-9H2,1-2H3. The second-order valence-electron chi connectivity index (χ2n) is 4.03. The van der Waals surface area contributed by atoms with Gasteiger partial charge in [0.25, 0.3) is 0 Å². The summed E-state index contributed by atoms with van der Waals surface area (Å²) in [6.45, 7) is 7.62. The van der Waals surface area contributed by atoms with Crippen molar-refractivity contribution in [1.29, 1.82) is 0 Å². The molecule has 1 N–H and O–H groups in total. The highest BCUT2D eigenvalue weighted by Crippen LogP contribution is 2.20. The van der Waals surface area contributed by atoms with Gasteiger partial charge in [-0.2, -0.15) is 11.8 Å². The molecule has 1 saturated heterocycles. The van der Waals surface area contributed by atoms with Crippen LogP contribution in [0.1, 0.15) is 33.1 Å². The second kappa shape index (κ2) is 7.55. The third-order valence-electron chi connectivity index (χ3n) is 2.49. The van der Waals surface area contributed by atoms with Crippen LogP contribution < -0.4 is 5.32 Å². The van der Waals surface area contributed by atoms with E-state index in [4.69, 9.17) is 4.74 Å². The fraction of sp³-hybridized carbons (Fsp3) is 1.00. The van der Waals surface area contributed by atoms with Gasteiger partial charge in [0.05, 0.1) is 18.5 Å². The van der Waals surface area contributed by atoms with Gasteiger partial charge in [-0.1, -0.05) is 6.92 Å². The summed E-state index contributed by atoms with van der Waals surface area (Å²) in [7, 11) is 0. The van der Waals surface area contributed by atoms with E-state index in [1.165, 1.54) is 25.0 Å². The van der Waals surface area contributed by atoms with Gasteiger partial charge in [0.1, 0.15) is 0 Å². The Kier molecular flexibility index (Phi) is 6.65. The molecule has 0 aliphatic carbocycles. The van der Waals surface area contributed by atoms with Crippen LogP contribution in [0.25, 0.3) is 0 Å². The molecule has 1 aliphatic heterocycles. The van der Waals surface area contributed by atoms with Crippen LogP contribution in [-0.4, -0.2) is 36.8 Å². The van der Waals surface area contributed by atoms with Gasteiger partial charge < -0.3 is 10.1 Å². The van der Waals surface area contributed by atoms with Gasteiger partial charge in [-0.05, 0) is 38.5 Å². The highest BCUT2D eigenvalue weighted by atomic mass is 32.2. The normalized spacial score (nSPS) is 19.3. The molecule has 1 fully saturated rings. The van der Waals surface area contributed by atoms with Gasteiger partial charge in [-0.15, -0.1) is 0 Å². The van der Waals surface area contributed by atoms with Gasteiger partial charge >= 0.3 is 0 Å². The van der Waals surface area contributed by atoms with Crippen molar-refractivity contribution in [3.63, 3.8) is 0 Å². The highest BCUT2D eigenvalue weighted by molar-refractivity contribution is 8.00. The van der Waals surface area contributed by atoms with E-state index in [2.05, 4.69) is 30.9 Å². The van der Waals surface area contributed by atoms with Crippen LogP contribution in [0.2, 0.25) is 0 Å². The predicted molar refractivity (Wildman–Crippen MR) is 64.1 cm³/mol. The van der Waals surface area contributed by atoms with Crippen molar-refractivity contribution < 1.29 is 4.74 Å². The molecule has 1 rings (SSSR count). The molecule has 1 atom stereocenters. The zero-order chi connectivity index (χ0) is 10.2. The Morgan fingerprint density at radius 2 is 2.29 bits per heavy atom. The number of hydrogen-bond acceptors (Lipinski definition) is 3. The van der Waals surface area contributed by atoms with Crippen molar-refractivity contribution >= 4 is 11.8 Å². The lowest BCUT2D eigenvalue weighted by molar-refractivity contribution is 0.0455. The smallest absolute Gasteiger partial charge is 0.0607 e. The largest absolute Gasteiger partial charge is 0.379 e. The number of nitrogens with one attached hydrogen (secondary N) is 1. The van der Waals surface area contributed by atoms with Gasteiger partial charge in [-0.3, -0.25) is 0 Å². The molecule has 0 radical (unpaired) electrons. The average molecular weight is 217 g/mol.